The summed E-state index contributed by atoms with van der Waals surface area (Å²) in [7, 11) is 0. The molecule has 0 rings (SSSR count). The minimum atomic E-state index is -1.68. The number of hydrogen-bond donors (Lipinski definition) is 0. The molecule has 5 heteroatoms. The molecule has 0 N–H and O–H groups in total. The average molecular weight is 200 g/mol. The van der Waals surface area contributed by atoms with Crippen LogP contribution in [0.1, 0.15) is 33.1 Å². The van der Waals surface area contributed by atoms with E-state index >= 15 is 0 Å². The van der Waals surface area contributed by atoms with Crippen LogP contribution in [0.5, 0.6) is 0 Å². The number of Topliss-reactive ketones (excluding diaryl/α,β-unsaturated/α-hetero) is 1. The number of carbonyl (C=O) groups excluding carboxylic acids is 3. The minimum Gasteiger partial charge on any atom is -0.550 e. The monoisotopic (exact) mass is 200 g/mol. The van der Waals surface area contributed by atoms with E-state index in [0.29, 0.717) is 0 Å². The largest absolute Gasteiger partial charge is 0.550 e. The maximum absolute atomic E-state index is 11.3. The quantitative estimate of drug-likeness (QED) is 0.473. The number of rotatable bonds is 6. The van der Waals surface area contributed by atoms with Gasteiger partial charge in [0, 0.05) is 12.4 Å². The first kappa shape index (κ1) is 12.6. The van der Waals surface area contributed by atoms with Gasteiger partial charge in [0.25, 0.3) is 0 Å². The summed E-state index contributed by atoms with van der Waals surface area (Å²) in [5.74, 6) is -3.95. The lowest BCUT2D eigenvalue weighted by atomic mass is 9.77. The Kier molecular flexibility index (Phi) is 4.27. The van der Waals surface area contributed by atoms with E-state index in [0.717, 1.165) is 0 Å². The lowest BCUT2D eigenvalue weighted by Crippen LogP contribution is -2.48. The normalized spacial score (nSPS) is 11.0. The molecule has 0 heterocycles. The molecular weight excluding hydrogens is 188 g/mol. The van der Waals surface area contributed by atoms with Gasteiger partial charge in [-0.1, -0.05) is 13.8 Å². The molecule has 0 aromatic carbocycles. The molecule has 14 heavy (non-hydrogen) atoms. The van der Waals surface area contributed by atoms with Crippen molar-refractivity contribution in [2.45, 2.75) is 33.1 Å². The van der Waals surface area contributed by atoms with Gasteiger partial charge in [-0.2, -0.15) is 0 Å². The molecule has 0 aromatic rings. The summed E-state index contributed by atoms with van der Waals surface area (Å²) < 4.78 is 0. The van der Waals surface area contributed by atoms with E-state index in [9.17, 15) is 24.6 Å². The molecule has 0 bridgehead atoms. The summed E-state index contributed by atoms with van der Waals surface area (Å²) in [5, 5.41) is 20.9. The molecular formula is C9H12O5-2. The Morgan fingerprint density at radius 1 is 1.07 bits per heavy atom. The Bertz CT molecular complexity index is 252. The van der Waals surface area contributed by atoms with E-state index in [1.54, 1.807) is 0 Å². The SMILES string of the molecule is CCC(CC)(C(=O)[O-])C(=O)CC(=O)[O-]. The maximum atomic E-state index is 11.3. The molecule has 0 amide bonds. The number of carboxylic acid groups (broad SMARTS) is 2. The standard InChI is InChI=1S/C9H14O5/c1-3-9(4-2,8(13)14)6(10)5-7(11)12/h3-5H2,1-2H3,(H,11,12)(H,13,14)/p-2. The van der Waals surface area contributed by atoms with Gasteiger partial charge < -0.3 is 19.8 Å². The highest BCUT2D eigenvalue weighted by atomic mass is 16.4. The average Bonchev–Trinajstić information content (AvgIpc) is 2.05. The van der Waals surface area contributed by atoms with E-state index in [2.05, 4.69) is 0 Å². The zero-order valence-corrected chi connectivity index (χ0v) is 8.16. The minimum absolute atomic E-state index is 0.0257. The van der Waals surface area contributed by atoms with E-state index in [4.69, 9.17) is 0 Å². The zero-order valence-electron chi connectivity index (χ0n) is 8.16. The molecule has 5 nitrogen and oxygen atoms in total. The van der Waals surface area contributed by atoms with Crippen LogP contribution in [-0.4, -0.2) is 17.7 Å². The second kappa shape index (κ2) is 4.74. The van der Waals surface area contributed by atoms with E-state index < -0.39 is 29.6 Å². The predicted molar refractivity (Wildman–Crippen MR) is 42.7 cm³/mol. The van der Waals surface area contributed by atoms with Crippen molar-refractivity contribution in [3.8, 4) is 0 Å². The smallest absolute Gasteiger partial charge is 0.150 e. The lowest BCUT2D eigenvalue weighted by molar-refractivity contribution is -0.317. The summed E-state index contributed by atoms with van der Waals surface area (Å²) in [5.41, 5.74) is -1.68. The highest BCUT2D eigenvalue weighted by Gasteiger charge is 2.35. The second-order valence-electron chi connectivity index (χ2n) is 3.05. The summed E-state index contributed by atoms with van der Waals surface area (Å²) in [6.45, 7) is 3.01. The molecule has 80 valence electrons. The molecule has 0 aliphatic carbocycles. The number of aliphatic carboxylic acids is 2. The van der Waals surface area contributed by atoms with Gasteiger partial charge >= 0.3 is 0 Å². The van der Waals surface area contributed by atoms with Crippen molar-refractivity contribution >= 4 is 17.7 Å². The second-order valence-corrected chi connectivity index (χ2v) is 3.05. The predicted octanol–water partition coefficient (Wildman–Crippen LogP) is -1.75. The van der Waals surface area contributed by atoms with Gasteiger partial charge in [-0.05, 0) is 12.8 Å². The van der Waals surface area contributed by atoms with Crippen LogP contribution in [0.2, 0.25) is 0 Å². The van der Waals surface area contributed by atoms with Gasteiger partial charge in [-0.25, -0.2) is 0 Å². The van der Waals surface area contributed by atoms with Crippen molar-refractivity contribution < 1.29 is 24.6 Å². The van der Waals surface area contributed by atoms with Gasteiger partial charge in [0.1, 0.15) is 5.78 Å². The maximum Gasteiger partial charge on any atom is 0.150 e. The van der Waals surface area contributed by atoms with E-state index in [1.165, 1.54) is 13.8 Å². The van der Waals surface area contributed by atoms with Crippen LogP contribution in [0.15, 0.2) is 0 Å². The van der Waals surface area contributed by atoms with Crippen molar-refractivity contribution in [3.05, 3.63) is 0 Å². The van der Waals surface area contributed by atoms with Crippen LogP contribution in [-0.2, 0) is 14.4 Å². The molecule has 0 unspecified atom stereocenters. The van der Waals surface area contributed by atoms with Crippen LogP contribution in [0, 0.1) is 5.41 Å². The molecule has 0 saturated carbocycles. The first-order valence-corrected chi connectivity index (χ1v) is 4.35. The first-order valence-electron chi connectivity index (χ1n) is 4.35. The van der Waals surface area contributed by atoms with Gasteiger partial charge in [-0.3, -0.25) is 4.79 Å². The number of hydrogen-bond acceptors (Lipinski definition) is 5. The van der Waals surface area contributed by atoms with Crippen LogP contribution in [0.4, 0.5) is 0 Å². The Balaban J connectivity index is 4.90. The van der Waals surface area contributed by atoms with Crippen molar-refractivity contribution in [1.82, 2.24) is 0 Å². The summed E-state index contributed by atoms with van der Waals surface area (Å²) in [6, 6.07) is 0. The Hall–Kier alpha value is -1.39. The van der Waals surface area contributed by atoms with Gasteiger partial charge in [0.05, 0.1) is 11.4 Å². The number of ketones is 1. The Morgan fingerprint density at radius 3 is 1.71 bits per heavy atom. The third kappa shape index (κ3) is 2.31. The summed E-state index contributed by atoms with van der Waals surface area (Å²) >= 11 is 0. The summed E-state index contributed by atoms with van der Waals surface area (Å²) in [4.78, 5) is 32.3. The van der Waals surface area contributed by atoms with Crippen molar-refractivity contribution in [2.75, 3.05) is 0 Å². The first-order chi connectivity index (χ1) is 6.40. The molecule has 0 spiro atoms. The van der Waals surface area contributed by atoms with Crippen molar-refractivity contribution in [3.63, 3.8) is 0 Å². The van der Waals surface area contributed by atoms with E-state index in [1.807, 2.05) is 0 Å². The van der Waals surface area contributed by atoms with E-state index in [-0.39, 0.29) is 12.8 Å². The number of carbonyl (C=O) groups is 3. The molecule has 0 aliphatic rings. The molecule has 0 radical (unpaired) electrons. The highest BCUT2D eigenvalue weighted by Crippen LogP contribution is 2.28. The fourth-order valence-corrected chi connectivity index (χ4v) is 1.35. The fourth-order valence-electron chi connectivity index (χ4n) is 1.35. The van der Waals surface area contributed by atoms with Crippen LogP contribution >= 0.6 is 0 Å². The van der Waals surface area contributed by atoms with Gasteiger partial charge in [0.15, 0.2) is 0 Å². The Labute approximate surface area is 81.7 Å². The molecule has 0 saturated heterocycles. The lowest BCUT2D eigenvalue weighted by Gasteiger charge is -2.31. The molecule has 0 aromatic heterocycles. The molecule has 0 atom stereocenters. The molecule has 0 aliphatic heterocycles. The Morgan fingerprint density at radius 2 is 1.50 bits per heavy atom. The summed E-state index contributed by atoms with van der Waals surface area (Å²) in [6.07, 6.45) is -0.828. The molecule has 0 fully saturated rings. The highest BCUT2D eigenvalue weighted by molar-refractivity contribution is 6.07. The number of carboxylic acids is 2. The topological polar surface area (TPSA) is 97.3 Å². The van der Waals surface area contributed by atoms with Crippen LogP contribution in [0.25, 0.3) is 0 Å². The van der Waals surface area contributed by atoms with Crippen LogP contribution in [0.3, 0.4) is 0 Å². The fraction of sp³-hybridized carbons (Fsp3) is 0.667. The van der Waals surface area contributed by atoms with Crippen molar-refractivity contribution in [1.29, 1.82) is 0 Å². The third-order valence-corrected chi connectivity index (χ3v) is 2.44. The third-order valence-electron chi connectivity index (χ3n) is 2.44. The van der Waals surface area contributed by atoms with Crippen molar-refractivity contribution in [2.24, 2.45) is 5.41 Å². The van der Waals surface area contributed by atoms with Gasteiger partial charge in [-0.15, -0.1) is 0 Å². The van der Waals surface area contributed by atoms with Gasteiger partial charge in [0.2, 0.25) is 0 Å². The van der Waals surface area contributed by atoms with Crippen LogP contribution < -0.4 is 10.2 Å². The zero-order chi connectivity index (χ0) is 11.4.